The summed E-state index contributed by atoms with van der Waals surface area (Å²) in [6.07, 6.45) is 0. The molecular formula is C9H26N4P4+2. The van der Waals surface area contributed by atoms with Gasteiger partial charge in [0.1, 0.15) is 20.5 Å². The van der Waals surface area contributed by atoms with E-state index in [0.717, 1.165) is 0 Å². The minimum Gasteiger partial charge on any atom is -0.261 e. The molecule has 0 aliphatic carbocycles. The first-order chi connectivity index (χ1) is 7.39. The summed E-state index contributed by atoms with van der Waals surface area (Å²) in [5.41, 5.74) is 0. The molecule has 8 heteroatoms. The fraction of sp³-hybridized carbons (Fsp3) is 0.889. The van der Waals surface area contributed by atoms with E-state index in [-0.39, 0.29) is 7.71 Å². The third-order valence-corrected chi connectivity index (χ3v) is 12.5. The molecule has 0 fully saturated rings. The zero-order chi connectivity index (χ0) is 13.9. The average Bonchev–Trinajstić information content (AvgIpc) is 1.96. The van der Waals surface area contributed by atoms with Gasteiger partial charge in [-0.1, -0.05) is 4.52 Å². The van der Waals surface area contributed by atoms with E-state index >= 15 is 0 Å². The number of rotatable bonds is 4. The standard InChI is InChI=1S/C9H26N4P4/c1-10-15(4,5)12-17(8,9)13-16(6,7)11-14(2)3/h1H2,2-9H3/q+2. The zero-order valence-corrected chi connectivity index (χ0v) is 15.9. The Bertz CT molecular complexity index is 420. The minimum atomic E-state index is -1.63. The molecule has 0 amide bonds. The molecule has 0 aliphatic heterocycles. The molecule has 0 aromatic rings. The summed E-state index contributed by atoms with van der Waals surface area (Å²) in [5.74, 6) is 0. The van der Waals surface area contributed by atoms with Gasteiger partial charge in [-0.15, -0.1) is 0 Å². The van der Waals surface area contributed by atoms with Crippen LogP contribution in [-0.2, 0) is 0 Å². The van der Waals surface area contributed by atoms with Crippen LogP contribution >= 0.6 is 29.7 Å². The van der Waals surface area contributed by atoms with Crippen molar-refractivity contribution in [2.24, 2.45) is 18.3 Å². The van der Waals surface area contributed by atoms with Crippen molar-refractivity contribution in [2.75, 3.05) is 53.3 Å². The number of hydrogen-bond acceptors (Lipinski definition) is 2. The fourth-order valence-corrected chi connectivity index (χ4v) is 14.8. The first-order valence-electron chi connectivity index (χ1n) is 5.29. The highest BCUT2D eigenvalue weighted by molar-refractivity contribution is 7.84. The summed E-state index contributed by atoms with van der Waals surface area (Å²) >= 11 is 0. The van der Waals surface area contributed by atoms with Crippen molar-refractivity contribution in [1.82, 2.24) is 0 Å². The van der Waals surface area contributed by atoms with Crippen molar-refractivity contribution >= 4 is 36.4 Å². The van der Waals surface area contributed by atoms with E-state index in [2.05, 4.69) is 64.8 Å². The Labute approximate surface area is 108 Å². The summed E-state index contributed by atoms with van der Waals surface area (Å²) in [6.45, 7) is 20.7. The van der Waals surface area contributed by atoms with Gasteiger partial charge in [0.05, 0.1) is 25.1 Å². The van der Waals surface area contributed by atoms with Gasteiger partial charge in [-0.25, -0.2) is 4.52 Å². The molecule has 0 saturated heterocycles. The molecular weight excluding hydrogens is 288 g/mol. The van der Waals surface area contributed by atoms with Crippen LogP contribution in [0.1, 0.15) is 0 Å². The molecule has 0 bridgehead atoms. The van der Waals surface area contributed by atoms with E-state index in [1.807, 2.05) is 0 Å². The van der Waals surface area contributed by atoms with Crippen molar-refractivity contribution < 1.29 is 0 Å². The molecule has 0 unspecified atom stereocenters. The maximum Gasteiger partial charge on any atom is 0.290 e. The normalized spacial score (nSPS) is 12.9. The minimum absolute atomic E-state index is 0.248. The van der Waals surface area contributed by atoms with Crippen LogP contribution in [0.4, 0.5) is 0 Å². The lowest BCUT2D eigenvalue weighted by atomic mass is 11.8. The Kier molecular flexibility index (Phi) is 6.45. The summed E-state index contributed by atoms with van der Waals surface area (Å²) in [5, 5.41) is 0. The Morgan fingerprint density at radius 1 is 1.00 bits per heavy atom. The molecule has 0 heterocycles. The number of hydrogen-bond donors (Lipinski definition) is 0. The Morgan fingerprint density at radius 3 is 1.82 bits per heavy atom. The topological polar surface area (TPSA) is 49.4 Å². The van der Waals surface area contributed by atoms with Gasteiger partial charge in [0.15, 0.2) is 0 Å². The molecule has 0 rings (SSSR count). The van der Waals surface area contributed by atoms with Crippen LogP contribution in [-0.4, -0.2) is 60.0 Å². The molecule has 0 N–H and O–H groups in total. The van der Waals surface area contributed by atoms with Gasteiger partial charge in [-0.2, -0.15) is 0 Å². The van der Waals surface area contributed by atoms with E-state index in [9.17, 15) is 0 Å². The Morgan fingerprint density at radius 2 is 1.47 bits per heavy atom. The van der Waals surface area contributed by atoms with Crippen molar-refractivity contribution in [3.8, 4) is 0 Å². The second-order valence-electron chi connectivity index (χ2n) is 5.27. The first kappa shape index (κ1) is 17.7. The molecule has 0 aliphatic rings. The van der Waals surface area contributed by atoms with E-state index in [1.165, 1.54) is 0 Å². The van der Waals surface area contributed by atoms with Gasteiger partial charge < -0.3 is 0 Å². The van der Waals surface area contributed by atoms with Crippen molar-refractivity contribution in [1.29, 1.82) is 0 Å². The van der Waals surface area contributed by atoms with Gasteiger partial charge in [0, 0.05) is 0 Å². The van der Waals surface area contributed by atoms with Crippen LogP contribution in [0, 0.1) is 0 Å². The van der Waals surface area contributed by atoms with E-state index in [0.29, 0.717) is 0 Å². The van der Waals surface area contributed by atoms with Crippen molar-refractivity contribution in [3.63, 3.8) is 0 Å². The van der Waals surface area contributed by atoms with Crippen LogP contribution in [0.2, 0.25) is 0 Å². The maximum absolute atomic E-state index is 4.96. The lowest BCUT2D eigenvalue weighted by Crippen LogP contribution is -1.80. The third-order valence-electron chi connectivity index (χ3n) is 1.62. The van der Waals surface area contributed by atoms with E-state index in [1.54, 1.807) is 0 Å². The summed E-state index contributed by atoms with van der Waals surface area (Å²) in [6, 6.07) is 0. The highest BCUT2D eigenvalue weighted by Gasteiger charge is 2.31. The van der Waals surface area contributed by atoms with Crippen LogP contribution in [0.25, 0.3) is 0 Å². The lowest BCUT2D eigenvalue weighted by molar-refractivity contribution is 1.63. The maximum atomic E-state index is 4.96. The van der Waals surface area contributed by atoms with Crippen molar-refractivity contribution in [2.45, 2.75) is 0 Å². The largest absolute Gasteiger partial charge is 0.290 e. The van der Waals surface area contributed by atoms with Crippen molar-refractivity contribution in [3.05, 3.63) is 0 Å². The zero-order valence-electron chi connectivity index (χ0n) is 12.3. The molecule has 0 saturated carbocycles. The van der Waals surface area contributed by atoms with Crippen LogP contribution < -0.4 is 0 Å². The highest BCUT2D eigenvalue weighted by Crippen LogP contribution is 2.68. The highest BCUT2D eigenvalue weighted by atomic mass is 31.2. The van der Waals surface area contributed by atoms with Gasteiger partial charge in [0.25, 0.3) is 7.56 Å². The second-order valence-corrected chi connectivity index (χ2v) is 17.4. The van der Waals surface area contributed by atoms with Crippen LogP contribution in [0.5, 0.6) is 0 Å². The Balaban J connectivity index is 5.55. The fourth-order valence-electron chi connectivity index (χ4n) is 1.57. The first-order valence-corrected chi connectivity index (χ1v) is 15.2. The van der Waals surface area contributed by atoms with Gasteiger partial charge in [-0.05, 0) is 33.4 Å². The molecule has 0 aromatic heterocycles. The summed E-state index contributed by atoms with van der Waals surface area (Å²) < 4.78 is 18.8. The smallest absolute Gasteiger partial charge is 0.261 e. The lowest BCUT2D eigenvalue weighted by Gasteiger charge is -2.14. The van der Waals surface area contributed by atoms with Crippen LogP contribution in [0.3, 0.4) is 0 Å². The van der Waals surface area contributed by atoms with Gasteiger partial charge in [0.2, 0.25) is 7.71 Å². The molecule has 0 atom stereocenters. The van der Waals surface area contributed by atoms with Crippen LogP contribution in [0.15, 0.2) is 18.3 Å². The summed E-state index contributed by atoms with van der Waals surface area (Å²) in [4.78, 5) is 0. The second kappa shape index (κ2) is 6.21. The van der Waals surface area contributed by atoms with E-state index < -0.39 is 22.0 Å². The molecule has 17 heavy (non-hydrogen) atoms. The Hall–Kier alpha value is 0.660. The third kappa shape index (κ3) is 8.39. The van der Waals surface area contributed by atoms with Gasteiger partial charge in [-0.3, -0.25) is 4.76 Å². The summed E-state index contributed by atoms with van der Waals surface area (Å²) in [7, 11) is -4.99. The molecule has 100 valence electrons. The quantitative estimate of drug-likeness (QED) is 0.488. The average molecular weight is 314 g/mol. The molecule has 0 aromatic carbocycles. The molecule has 0 radical (unpaired) electrons. The van der Waals surface area contributed by atoms with Gasteiger partial charge >= 0.3 is 0 Å². The number of nitrogens with zero attached hydrogens (tertiary/aromatic N) is 4. The molecule has 0 spiro atoms. The molecule has 4 nitrogen and oxygen atoms in total. The van der Waals surface area contributed by atoms with E-state index in [4.69, 9.17) is 13.5 Å². The predicted octanol–water partition coefficient (Wildman–Crippen LogP) is 5.47. The SMILES string of the molecule is C=NP(C)(C)=NP(C)(C)=N[P+](C)(C)N=[P+](C)C. The predicted molar refractivity (Wildman–Crippen MR) is 91.9 cm³/mol. The monoisotopic (exact) mass is 314 g/mol.